The van der Waals surface area contributed by atoms with Crippen LogP contribution in [0.5, 0.6) is 0 Å². The zero-order valence-electron chi connectivity index (χ0n) is 7.50. The largest absolute Gasteiger partial charge is 0.395 e. The van der Waals surface area contributed by atoms with Gasteiger partial charge >= 0.3 is 0 Å². The van der Waals surface area contributed by atoms with Crippen LogP contribution in [0.2, 0.25) is 0 Å². The number of hydrogen-bond acceptors (Lipinski definition) is 3. The number of likely N-dealkylation sites (tertiary alicyclic amines) is 1. The van der Waals surface area contributed by atoms with Crippen LogP contribution in [0, 0.1) is 0 Å². The van der Waals surface area contributed by atoms with Gasteiger partial charge < -0.3 is 9.84 Å². The second kappa shape index (κ2) is 3.09. The van der Waals surface area contributed by atoms with E-state index in [-0.39, 0.29) is 18.2 Å². The molecular weight excluding hydrogens is 142 g/mol. The van der Waals surface area contributed by atoms with Crippen molar-refractivity contribution >= 4 is 0 Å². The Morgan fingerprint density at radius 1 is 1.64 bits per heavy atom. The minimum Gasteiger partial charge on any atom is -0.395 e. The summed E-state index contributed by atoms with van der Waals surface area (Å²) >= 11 is 0. The van der Waals surface area contributed by atoms with Crippen LogP contribution >= 0.6 is 0 Å². The van der Waals surface area contributed by atoms with E-state index in [0.29, 0.717) is 0 Å². The van der Waals surface area contributed by atoms with E-state index >= 15 is 0 Å². The van der Waals surface area contributed by atoms with Crippen LogP contribution in [0.25, 0.3) is 0 Å². The van der Waals surface area contributed by atoms with Gasteiger partial charge in [0.25, 0.3) is 0 Å². The van der Waals surface area contributed by atoms with E-state index < -0.39 is 0 Å². The van der Waals surface area contributed by atoms with Crippen LogP contribution < -0.4 is 0 Å². The average Bonchev–Trinajstić information content (AvgIpc) is 1.97. The smallest absolute Gasteiger partial charge is 0.0903 e. The maximum atomic E-state index is 8.83. The molecule has 0 aromatic rings. The Balaban J connectivity index is 2.28. The quantitative estimate of drug-likeness (QED) is 0.633. The summed E-state index contributed by atoms with van der Waals surface area (Å²) in [4.78, 5) is 2.21. The zero-order chi connectivity index (χ0) is 8.48. The van der Waals surface area contributed by atoms with Crippen LogP contribution in [0.15, 0.2) is 0 Å². The molecule has 0 amide bonds. The number of ether oxygens (including phenoxy) is 1. The lowest BCUT2D eigenvalue weighted by Crippen LogP contribution is -2.63. The third-order valence-corrected chi connectivity index (χ3v) is 2.46. The molecular formula is C8H17NO2. The molecule has 3 heteroatoms. The van der Waals surface area contributed by atoms with E-state index in [1.807, 2.05) is 6.92 Å². The van der Waals surface area contributed by atoms with Crippen molar-refractivity contribution in [3.8, 4) is 0 Å². The first kappa shape index (κ1) is 8.97. The number of hydrogen-bond donors (Lipinski definition) is 1. The molecule has 1 aliphatic rings. The van der Waals surface area contributed by atoms with Crippen molar-refractivity contribution in [1.82, 2.24) is 4.90 Å². The number of methoxy groups -OCH3 is 1. The summed E-state index contributed by atoms with van der Waals surface area (Å²) < 4.78 is 5.28. The molecule has 0 aromatic heterocycles. The fourth-order valence-electron chi connectivity index (χ4n) is 1.37. The highest BCUT2D eigenvalue weighted by molar-refractivity contribution is 4.95. The van der Waals surface area contributed by atoms with E-state index in [4.69, 9.17) is 9.84 Å². The molecule has 0 saturated carbocycles. The van der Waals surface area contributed by atoms with E-state index in [2.05, 4.69) is 11.8 Å². The van der Waals surface area contributed by atoms with Crippen LogP contribution in [0.3, 0.4) is 0 Å². The summed E-state index contributed by atoms with van der Waals surface area (Å²) in [7, 11) is 1.74. The molecule has 0 aliphatic carbocycles. The minimum absolute atomic E-state index is 0.0312. The lowest BCUT2D eigenvalue weighted by Gasteiger charge is -2.49. The van der Waals surface area contributed by atoms with Crippen molar-refractivity contribution in [2.24, 2.45) is 0 Å². The molecule has 0 bridgehead atoms. The molecule has 1 aliphatic heterocycles. The molecule has 11 heavy (non-hydrogen) atoms. The minimum atomic E-state index is 0.0312. The van der Waals surface area contributed by atoms with Gasteiger partial charge in [-0.15, -0.1) is 0 Å². The molecule has 1 rings (SSSR count). The van der Waals surface area contributed by atoms with E-state index in [0.717, 1.165) is 13.1 Å². The van der Waals surface area contributed by atoms with Crippen molar-refractivity contribution in [1.29, 1.82) is 0 Å². The number of aliphatic hydroxyl groups is 1. The van der Waals surface area contributed by atoms with Gasteiger partial charge in [-0.1, -0.05) is 0 Å². The molecule has 0 aromatic carbocycles. The maximum absolute atomic E-state index is 8.83. The SMILES string of the molecule is COC1(C)CN(C(C)CO)C1. The highest BCUT2D eigenvalue weighted by atomic mass is 16.5. The van der Waals surface area contributed by atoms with E-state index in [1.165, 1.54) is 0 Å². The first-order chi connectivity index (χ1) is 5.11. The van der Waals surface area contributed by atoms with Crippen molar-refractivity contribution in [3.63, 3.8) is 0 Å². The second-order valence-corrected chi connectivity index (χ2v) is 3.59. The Morgan fingerprint density at radius 3 is 2.55 bits per heavy atom. The Labute approximate surface area is 68.0 Å². The van der Waals surface area contributed by atoms with Crippen molar-refractivity contribution in [2.75, 3.05) is 26.8 Å². The fourth-order valence-corrected chi connectivity index (χ4v) is 1.37. The molecule has 1 N–H and O–H groups in total. The van der Waals surface area contributed by atoms with Gasteiger partial charge in [0, 0.05) is 26.2 Å². The van der Waals surface area contributed by atoms with Gasteiger partial charge in [-0.05, 0) is 13.8 Å². The first-order valence-corrected chi connectivity index (χ1v) is 4.01. The lowest BCUT2D eigenvalue weighted by molar-refractivity contribution is -0.128. The molecule has 1 saturated heterocycles. The monoisotopic (exact) mass is 159 g/mol. The van der Waals surface area contributed by atoms with E-state index in [1.54, 1.807) is 7.11 Å². The first-order valence-electron chi connectivity index (χ1n) is 4.01. The standard InChI is InChI=1S/C8H17NO2/c1-7(4-10)9-5-8(2,6-9)11-3/h7,10H,4-6H2,1-3H3. The van der Waals surface area contributed by atoms with Gasteiger partial charge in [0.2, 0.25) is 0 Å². The molecule has 1 atom stereocenters. The number of nitrogens with zero attached hydrogens (tertiary/aromatic N) is 1. The van der Waals surface area contributed by atoms with Crippen LogP contribution in [-0.4, -0.2) is 48.5 Å². The topological polar surface area (TPSA) is 32.7 Å². The van der Waals surface area contributed by atoms with Gasteiger partial charge in [0.15, 0.2) is 0 Å². The van der Waals surface area contributed by atoms with E-state index in [9.17, 15) is 0 Å². The number of rotatable bonds is 3. The van der Waals surface area contributed by atoms with Gasteiger partial charge in [-0.3, -0.25) is 4.90 Å². The van der Waals surface area contributed by atoms with Crippen molar-refractivity contribution < 1.29 is 9.84 Å². The average molecular weight is 159 g/mol. The van der Waals surface area contributed by atoms with Gasteiger partial charge in [-0.25, -0.2) is 0 Å². The third-order valence-electron chi connectivity index (χ3n) is 2.46. The van der Waals surface area contributed by atoms with Gasteiger partial charge in [0.05, 0.1) is 12.2 Å². The second-order valence-electron chi connectivity index (χ2n) is 3.59. The summed E-state index contributed by atoms with van der Waals surface area (Å²) in [5.41, 5.74) is 0.0312. The Kier molecular flexibility index (Phi) is 2.52. The summed E-state index contributed by atoms with van der Waals surface area (Å²) in [6.45, 7) is 6.22. The van der Waals surface area contributed by atoms with Crippen LogP contribution in [0.4, 0.5) is 0 Å². The van der Waals surface area contributed by atoms with Gasteiger partial charge in [-0.2, -0.15) is 0 Å². The molecule has 0 radical (unpaired) electrons. The molecule has 66 valence electrons. The highest BCUT2D eigenvalue weighted by Gasteiger charge is 2.40. The molecule has 1 unspecified atom stereocenters. The third kappa shape index (κ3) is 1.72. The molecule has 1 heterocycles. The summed E-state index contributed by atoms with van der Waals surface area (Å²) in [5, 5.41) is 8.83. The Hall–Kier alpha value is -0.120. The van der Waals surface area contributed by atoms with Crippen molar-refractivity contribution in [3.05, 3.63) is 0 Å². The Bertz CT molecular complexity index is 132. The zero-order valence-corrected chi connectivity index (χ0v) is 7.50. The summed E-state index contributed by atoms with van der Waals surface area (Å²) in [6.07, 6.45) is 0. The lowest BCUT2D eigenvalue weighted by atomic mass is 9.95. The molecule has 3 nitrogen and oxygen atoms in total. The predicted octanol–water partition coefficient (Wildman–Crippen LogP) is 0.0879. The predicted molar refractivity (Wildman–Crippen MR) is 43.5 cm³/mol. The van der Waals surface area contributed by atoms with Crippen molar-refractivity contribution in [2.45, 2.75) is 25.5 Å². The highest BCUT2D eigenvalue weighted by Crippen LogP contribution is 2.25. The van der Waals surface area contributed by atoms with Gasteiger partial charge in [0.1, 0.15) is 0 Å². The fraction of sp³-hybridized carbons (Fsp3) is 1.00. The van der Waals surface area contributed by atoms with Crippen LogP contribution in [0.1, 0.15) is 13.8 Å². The maximum Gasteiger partial charge on any atom is 0.0903 e. The Morgan fingerprint density at radius 2 is 2.18 bits per heavy atom. The van der Waals surface area contributed by atoms with Crippen LogP contribution in [-0.2, 0) is 4.74 Å². The number of aliphatic hydroxyl groups excluding tert-OH is 1. The molecule has 0 spiro atoms. The molecule has 1 fully saturated rings. The summed E-state index contributed by atoms with van der Waals surface area (Å²) in [6, 6.07) is 0.276. The normalized spacial score (nSPS) is 26.2. The summed E-state index contributed by atoms with van der Waals surface area (Å²) in [5.74, 6) is 0.